The third-order valence-corrected chi connectivity index (χ3v) is 5.36. The molecule has 0 radical (unpaired) electrons. The van der Waals surface area contributed by atoms with Crippen molar-refractivity contribution in [3.8, 4) is 11.4 Å². The topological polar surface area (TPSA) is 72.7 Å². The molecule has 2 aromatic heterocycles. The number of nitrogens with one attached hydrogen (secondary N) is 1. The van der Waals surface area contributed by atoms with E-state index in [1.165, 1.54) is 4.68 Å². The molecule has 5 rings (SSSR count). The summed E-state index contributed by atoms with van der Waals surface area (Å²) < 4.78 is 1.32. The monoisotopic (exact) mass is 439 g/mol. The van der Waals surface area contributed by atoms with Crippen LogP contribution in [-0.4, -0.2) is 25.7 Å². The Kier molecular flexibility index (Phi) is 5.35. The van der Waals surface area contributed by atoms with E-state index in [9.17, 15) is 4.79 Å². The fourth-order valence-corrected chi connectivity index (χ4v) is 3.62. The van der Waals surface area contributed by atoms with E-state index in [1.807, 2.05) is 72.8 Å². The molecular formula is C25H18ClN5O. The largest absolute Gasteiger partial charge is 0.350 e. The van der Waals surface area contributed by atoms with Crippen LogP contribution in [0, 0.1) is 0 Å². The first-order valence-corrected chi connectivity index (χ1v) is 10.4. The van der Waals surface area contributed by atoms with Gasteiger partial charge in [0.15, 0.2) is 5.82 Å². The van der Waals surface area contributed by atoms with Crippen molar-refractivity contribution in [2.24, 2.45) is 0 Å². The van der Waals surface area contributed by atoms with Gasteiger partial charge in [-0.25, -0.2) is 0 Å². The van der Waals surface area contributed by atoms with Crippen LogP contribution in [-0.2, 0) is 6.54 Å². The minimum absolute atomic E-state index is 0.261. The summed E-state index contributed by atoms with van der Waals surface area (Å²) >= 11 is 5.98. The van der Waals surface area contributed by atoms with Crippen molar-refractivity contribution < 1.29 is 4.79 Å². The molecule has 7 heteroatoms. The van der Waals surface area contributed by atoms with Crippen molar-refractivity contribution in [2.45, 2.75) is 6.54 Å². The van der Waals surface area contributed by atoms with Crippen molar-refractivity contribution in [2.75, 3.05) is 5.32 Å². The smallest absolute Gasteiger partial charge is 0.282 e. The highest BCUT2D eigenvalue weighted by Gasteiger charge is 2.20. The van der Waals surface area contributed by atoms with E-state index in [-0.39, 0.29) is 5.91 Å². The first-order valence-electron chi connectivity index (χ1n) is 10.1. The minimum atomic E-state index is -0.261. The second kappa shape index (κ2) is 8.61. The van der Waals surface area contributed by atoms with Crippen LogP contribution in [0.1, 0.15) is 15.9 Å². The van der Waals surface area contributed by atoms with Crippen LogP contribution < -0.4 is 5.32 Å². The third-order valence-electron chi connectivity index (χ3n) is 5.10. The summed E-state index contributed by atoms with van der Waals surface area (Å²) in [4.78, 5) is 22.3. The number of pyridine rings is 1. The van der Waals surface area contributed by atoms with E-state index in [4.69, 9.17) is 11.6 Å². The van der Waals surface area contributed by atoms with Gasteiger partial charge in [-0.2, -0.15) is 9.67 Å². The van der Waals surface area contributed by atoms with Gasteiger partial charge in [-0.3, -0.25) is 9.78 Å². The van der Waals surface area contributed by atoms with Crippen molar-refractivity contribution in [3.05, 3.63) is 107 Å². The molecule has 0 fully saturated rings. The maximum atomic E-state index is 13.6. The number of rotatable bonds is 5. The Hall–Kier alpha value is -4.03. The quantitative estimate of drug-likeness (QED) is 0.394. The molecule has 0 unspecified atom stereocenters. The zero-order valence-electron chi connectivity index (χ0n) is 16.9. The fraction of sp³-hybridized carbons (Fsp3) is 0.0400. The molecule has 0 saturated heterocycles. The SMILES string of the molecule is O=C(c1cccc2ccccc12)n1nc(-c2cccnc2)nc1NCc1ccc(Cl)cc1. The predicted molar refractivity (Wildman–Crippen MR) is 126 cm³/mol. The van der Waals surface area contributed by atoms with Gasteiger partial charge in [-0.05, 0) is 46.7 Å². The van der Waals surface area contributed by atoms with Crippen LogP contribution in [0.25, 0.3) is 22.2 Å². The van der Waals surface area contributed by atoms with Crippen LogP contribution in [0.3, 0.4) is 0 Å². The predicted octanol–water partition coefficient (Wildman–Crippen LogP) is 5.45. The summed E-state index contributed by atoms with van der Waals surface area (Å²) in [5, 5.41) is 10.3. The van der Waals surface area contributed by atoms with Crippen molar-refractivity contribution in [1.29, 1.82) is 0 Å². The highest BCUT2D eigenvalue weighted by Crippen LogP contribution is 2.23. The molecule has 0 bridgehead atoms. The highest BCUT2D eigenvalue weighted by molar-refractivity contribution is 6.30. The third kappa shape index (κ3) is 3.96. The van der Waals surface area contributed by atoms with E-state index in [2.05, 4.69) is 20.4 Å². The van der Waals surface area contributed by atoms with Gasteiger partial charge in [-0.15, -0.1) is 5.10 Å². The highest BCUT2D eigenvalue weighted by atomic mass is 35.5. The molecule has 0 aliphatic carbocycles. The molecule has 1 N–H and O–H groups in total. The average Bonchev–Trinajstić information content (AvgIpc) is 3.28. The van der Waals surface area contributed by atoms with Gasteiger partial charge in [0.1, 0.15) is 0 Å². The molecule has 0 aliphatic heterocycles. The number of hydrogen-bond acceptors (Lipinski definition) is 5. The van der Waals surface area contributed by atoms with Gasteiger partial charge in [0.25, 0.3) is 5.91 Å². The lowest BCUT2D eigenvalue weighted by molar-refractivity contribution is 0.0949. The number of benzene rings is 3. The number of carbonyl (C=O) groups is 1. The first-order chi connectivity index (χ1) is 15.7. The van der Waals surface area contributed by atoms with Gasteiger partial charge >= 0.3 is 0 Å². The molecular weight excluding hydrogens is 422 g/mol. The van der Waals surface area contributed by atoms with E-state index < -0.39 is 0 Å². The maximum absolute atomic E-state index is 13.6. The molecule has 0 saturated carbocycles. The fourth-order valence-electron chi connectivity index (χ4n) is 3.49. The number of nitrogens with zero attached hydrogens (tertiary/aromatic N) is 4. The molecule has 2 heterocycles. The minimum Gasteiger partial charge on any atom is -0.350 e. The standard InChI is InChI=1S/C25H18ClN5O/c26-20-12-10-17(11-13-20)15-28-25-29-23(19-7-4-14-27-16-19)30-31(25)24(32)22-9-3-6-18-5-1-2-8-21(18)22/h1-14,16H,15H2,(H,28,29,30). The molecule has 0 amide bonds. The normalized spacial score (nSPS) is 10.9. The van der Waals surface area contributed by atoms with Crippen LogP contribution >= 0.6 is 11.6 Å². The molecule has 0 spiro atoms. The number of fused-ring (bicyclic) bond motifs is 1. The van der Waals surface area contributed by atoms with Gasteiger partial charge in [0.2, 0.25) is 5.95 Å². The summed E-state index contributed by atoms with van der Waals surface area (Å²) in [6.07, 6.45) is 3.35. The van der Waals surface area contributed by atoms with Crippen molar-refractivity contribution in [1.82, 2.24) is 19.7 Å². The Balaban J connectivity index is 1.55. The summed E-state index contributed by atoms with van der Waals surface area (Å²) in [6, 6.07) is 24.6. The number of anilines is 1. The molecule has 0 atom stereocenters. The Morgan fingerprint density at radius 3 is 2.56 bits per heavy atom. The summed E-state index contributed by atoms with van der Waals surface area (Å²) in [5.74, 6) is 0.519. The molecule has 156 valence electrons. The van der Waals surface area contributed by atoms with Gasteiger partial charge < -0.3 is 5.32 Å². The number of hydrogen-bond donors (Lipinski definition) is 1. The zero-order chi connectivity index (χ0) is 21.9. The number of aromatic nitrogens is 4. The lowest BCUT2D eigenvalue weighted by Crippen LogP contribution is -2.18. The Morgan fingerprint density at radius 1 is 0.938 bits per heavy atom. The molecule has 0 aliphatic rings. The molecule has 3 aromatic carbocycles. The summed E-state index contributed by atoms with van der Waals surface area (Å²) in [5.41, 5.74) is 2.29. The average molecular weight is 440 g/mol. The van der Waals surface area contributed by atoms with E-state index in [0.717, 1.165) is 21.9 Å². The van der Waals surface area contributed by atoms with Crippen LogP contribution in [0.15, 0.2) is 91.3 Å². The van der Waals surface area contributed by atoms with Gasteiger partial charge in [0, 0.05) is 35.1 Å². The first kappa shape index (κ1) is 19.9. The van der Waals surface area contributed by atoms with Crippen molar-refractivity contribution >= 4 is 34.2 Å². The van der Waals surface area contributed by atoms with E-state index in [0.29, 0.717) is 28.9 Å². The summed E-state index contributed by atoms with van der Waals surface area (Å²) in [6.45, 7) is 0.463. The van der Waals surface area contributed by atoms with Gasteiger partial charge in [0.05, 0.1) is 0 Å². The lowest BCUT2D eigenvalue weighted by atomic mass is 10.0. The maximum Gasteiger partial charge on any atom is 0.282 e. The second-order valence-corrected chi connectivity index (χ2v) is 7.66. The van der Waals surface area contributed by atoms with Crippen LogP contribution in [0.5, 0.6) is 0 Å². The zero-order valence-corrected chi connectivity index (χ0v) is 17.7. The molecule has 6 nitrogen and oxygen atoms in total. The molecule has 32 heavy (non-hydrogen) atoms. The Labute approximate surface area is 189 Å². The van der Waals surface area contributed by atoms with E-state index >= 15 is 0 Å². The Bertz CT molecular complexity index is 1390. The second-order valence-electron chi connectivity index (χ2n) is 7.22. The Morgan fingerprint density at radius 2 is 1.75 bits per heavy atom. The van der Waals surface area contributed by atoms with Gasteiger partial charge in [-0.1, -0.05) is 60.1 Å². The van der Waals surface area contributed by atoms with Crippen molar-refractivity contribution in [3.63, 3.8) is 0 Å². The summed E-state index contributed by atoms with van der Waals surface area (Å²) in [7, 11) is 0. The van der Waals surface area contributed by atoms with Crippen LogP contribution in [0.4, 0.5) is 5.95 Å². The van der Waals surface area contributed by atoms with E-state index in [1.54, 1.807) is 18.5 Å². The molecule has 5 aromatic rings. The van der Waals surface area contributed by atoms with Crippen LogP contribution in [0.2, 0.25) is 5.02 Å². The number of halogens is 1. The number of carbonyl (C=O) groups excluding carboxylic acids is 1. The lowest BCUT2D eigenvalue weighted by Gasteiger charge is -2.09.